The van der Waals surface area contributed by atoms with Crippen molar-refractivity contribution in [2.75, 3.05) is 41.3 Å². The first kappa shape index (κ1) is 20.2. The molecular weight excluding hydrogens is 228 g/mol. The molecule has 0 aliphatic carbocycles. The zero-order chi connectivity index (χ0) is 14.9. The third-order valence-corrected chi connectivity index (χ3v) is 2.95. The molecular formula is C14H34N2O2. The summed E-state index contributed by atoms with van der Waals surface area (Å²) in [6.45, 7) is 9.66. The van der Waals surface area contributed by atoms with E-state index in [9.17, 15) is 0 Å². The van der Waals surface area contributed by atoms with Crippen molar-refractivity contribution in [1.82, 2.24) is 9.80 Å². The Morgan fingerprint density at radius 1 is 0.667 bits per heavy atom. The lowest BCUT2D eigenvalue weighted by molar-refractivity contribution is 0.116. The van der Waals surface area contributed by atoms with Gasteiger partial charge in [0.25, 0.3) is 0 Å². The summed E-state index contributed by atoms with van der Waals surface area (Å²) in [6, 6.07) is 0. The van der Waals surface area contributed by atoms with E-state index in [1.54, 1.807) is 0 Å². The fourth-order valence-electron chi connectivity index (χ4n) is 1.46. The van der Waals surface area contributed by atoms with Gasteiger partial charge in [0, 0.05) is 13.1 Å². The second kappa shape index (κ2) is 10.7. The molecule has 0 saturated heterocycles. The summed E-state index contributed by atoms with van der Waals surface area (Å²) >= 11 is 0. The highest BCUT2D eigenvalue weighted by Gasteiger charge is 2.08. The normalized spacial score (nSPS) is 18.0. The molecule has 4 unspecified atom stereocenters. The van der Waals surface area contributed by atoms with Crippen LogP contribution >= 0.6 is 0 Å². The minimum Gasteiger partial charge on any atom is -0.393 e. The van der Waals surface area contributed by atoms with Gasteiger partial charge in [-0.05, 0) is 53.9 Å². The Kier molecular flexibility index (Phi) is 12.0. The van der Waals surface area contributed by atoms with Crippen molar-refractivity contribution in [2.24, 2.45) is 11.8 Å². The third kappa shape index (κ3) is 13.9. The van der Waals surface area contributed by atoms with Crippen molar-refractivity contribution in [1.29, 1.82) is 0 Å². The van der Waals surface area contributed by atoms with E-state index < -0.39 is 0 Å². The molecule has 18 heavy (non-hydrogen) atoms. The molecule has 112 valence electrons. The van der Waals surface area contributed by atoms with Gasteiger partial charge in [0.2, 0.25) is 0 Å². The first-order valence-corrected chi connectivity index (χ1v) is 6.73. The van der Waals surface area contributed by atoms with Crippen LogP contribution in [-0.4, -0.2) is 73.5 Å². The Morgan fingerprint density at radius 3 is 0.944 bits per heavy atom. The molecule has 0 aromatic heterocycles. The maximum Gasteiger partial charge on any atom is 0.0549 e. The Hall–Kier alpha value is -0.160. The first-order chi connectivity index (χ1) is 8.07. The highest BCUT2D eigenvalue weighted by atomic mass is 16.3. The summed E-state index contributed by atoms with van der Waals surface area (Å²) in [5, 5.41) is 18.1. The van der Waals surface area contributed by atoms with E-state index in [0.29, 0.717) is 11.8 Å². The van der Waals surface area contributed by atoms with Crippen LogP contribution in [0.15, 0.2) is 0 Å². The van der Waals surface area contributed by atoms with Crippen molar-refractivity contribution in [3.05, 3.63) is 0 Å². The van der Waals surface area contributed by atoms with Crippen LogP contribution in [0.1, 0.15) is 27.7 Å². The predicted molar refractivity (Wildman–Crippen MR) is 78.8 cm³/mol. The van der Waals surface area contributed by atoms with Crippen LogP contribution in [0.2, 0.25) is 0 Å². The quantitative estimate of drug-likeness (QED) is 0.753. The Balaban J connectivity index is 0. The monoisotopic (exact) mass is 262 g/mol. The molecule has 0 saturated carbocycles. The van der Waals surface area contributed by atoms with Crippen LogP contribution in [-0.2, 0) is 0 Å². The van der Waals surface area contributed by atoms with Gasteiger partial charge >= 0.3 is 0 Å². The lowest BCUT2D eigenvalue weighted by Gasteiger charge is -2.18. The first-order valence-electron chi connectivity index (χ1n) is 6.73. The van der Waals surface area contributed by atoms with Crippen molar-refractivity contribution >= 4 is 0 Å². The van der Waals surface area contributed by atoms with Crippen molar-refractivity contribution in [2.45, 2.75) is 39.9 Å². The van der Waals surface area contributed by atoms with Gasteiger partial charge in [-0.15, -0.1) is 0 Å². The highest BCUT2D eigenvalue weighted by molar-refractivity contribution is 4.61. The summed E-state index contributed by atoms with van der Waals surface area (Å²) in [4.78, 5) is 4.16. The van der Waals surface area contributed by atoms with Gasteiger partial charge in [-0.2, -0.15) is 0 Å². The Morgan fingerprint density at radius 2 is 0.889 bits per heavy atom. The van der Waals surface area contributed by atoms with Gasteiger partial charge < -0.3 is 20.0 Å². The standard InChI is InChI=1S/2C7H17NO/c2*1-6(7(2)9)5-8(3)4/h2*6-7,9H,5H2,1-4H3. The molecule has 4 heteroatoms. The van der Waals surface area contributed by atoms with Crippen molar-refractivity contribution in [3.63, 3.8) is 0 Å². The van der Waals surface area contributed by atoms with Crippen molar-refractivity contribution in [3.8, 4) is 0 Å². The molecule has 2 N–H and O–H groups in total. The maximum absolute atomic E-state index is 9.04. The maximum atomic E-state index is 9.04. The SMILES string of the molecule is CC(O)C(C)CN(C)C.CC(O)C(C)CN(C)C. The lowest BCUT2D eigenvalue weighted by atomic mass is 10.1. The molecule has 0 bridgehead atoms. The average molecular weight is 262 g/mol. The molecule has 0 amide bonds. The Labute approximate surface area is 114 Å². The molecule has 0 aromatic carbocycles. The zero-order valence-corrected chi connectivity index (χ0v) is 13.5. The summed E-state index contributed by atoms with van der Waals surface area (Å²) < 4.78 is 0. The van der Waals surface area contributed by atoms with E-state index in [0.717, 1.165) is 13.1 Å². The van der Waals surface area contributed by atoms with Gasteiger partial charge in [-0.1, -0.05) is 13.8 Å². The van der Waals surface area contributed by atoms with Crippen molar-refractivity contribution < 1.29 is 10.2 Å². The topological polar surface area (TPSA) is 46.9 Å². The van der Waals surface area contributed by atoms with E-state index >= 15 is 0 Å². The van der Waals surface area contributed by atoms with Crippen LogP contribution < -0.4 is 0 Å². The van der Waals surface area contributed by atoms with Gasteiger partial charge in [-0.25, -0.2) is 0 Å². The third-order valence-electron chi connectivity index (χ3n) is 2.95. The van der Waals surface area contributed by atoms with Crippen LogP contribution in [0.4, 0.5) is 0 Å². The predicted octanol–water partition coefficient (Wildman–Crippen LogP) is 1.13. The fourth-order valence-corrected chi connectivity index (χ4v) is 1.46. The summed E-state index contributed by atoms with van der Waals surface area (Å²) in [6.07, 6.45) is -0.375. The Bertz CT molecular complexity index is 163. The van der Waals surface area contributed by atoms with E-state index in [1.165, 1.54) is 0 Å². The number of hydrogen-bond acceptors (Lipinski definition) is 4. The van der Waals surface area contributed by atoms with Crippen LogP contribution in [0.25, 0.3) is 0 Å². The lowest BCUT2D eigenvalue weighted by Crippen LogP contribution is -2.26. The highest BCUT2D eigenvalue weighted by Crippen LogP contribution is 2.02. The smallest absolute Gasteiger partial charge is 0.0549 e. The van der Waals surface area contributed by atoms with Gasteiger partial charge in [0.05, 0.1) is 12.2 Å². The van der Waals surface area contributed by atoms with E-state index in [1.807, 2.05) is 55.9 Å². The molecule has 4 atom stereocenters. The summed E-state index contributed by atoms with van der Waals surface area (Å²) in [7, 11) is 8.05. The van der Waals surface area contributed by atoms with Crippen LogP contribution in [0.3, 0.4) is 0 Å². The largest absolute Gasteiger partial charge is 0.393 e. The molecule has 0 fully saturated rings. The average Bonchev–Trinajstić information content (AvgIpc) is 2.16. The van der Waals surface area contributed by atoms with E-state index in [2.05, 4.69) is 9.80 Å². The molecule has 0 heterocycles. The van der Waals surface area contributed by atoms with Gasteiger partial charge in [0.15, 0.2) is 0 Å². The second-order valence-corrected chi connectivity index (χ2v) is 5.96. The fraction of sp³-hybridized carbons (Fsp3) is 1.00. The number of rotatable bonds is 6. The molecule has 0 aromatic rings. The number of hydrogen-bond donors (Lipinski definition) is 2. The second-order valence-electron chi connectivity index (χ2n) is 5.96. The number of aliphatic hydroxyl groups is 2. The van der Waals surface area contributed by atoms with Gasteiger partial charge in [0.1, 0.15) is 0 Å². The number of aliphatic hydroxyl groups excluding tert-OH is 2. The zero-order valence-electron chi connectivity index (χ0n) is 13.5. The van der Waals surface area contributed by atoms with Crippen LogP contribution in [0, 0.1) is 11.8 Å². The molecule has 0 aliphatic heterocycles. The minimum atomic E-state index is -0.188. The van der Waals surface area contributed by atoms with E-state index in [-0.39, 0.29) is 12.2 Å². The molecule has 0 rings (SSSR count). The summed E-state index contributed by atoms with van der Waals surface area (Å²) in [5.74, 6) is 0.750. The van der Waals surface area contributed by atoms with E-state index in [4.69, 9.17) is 10.2 Å². The van der Waals surface area contributed by atoms with Gasteiger partial charge in [-0.3, -0.25) is 0 Å². The molecule has 0 radical (unpaired) electrons. The summed E-state index contributed by atoms with van der Waals surface area (Å²) in [5.41, 5.74) is 0. The minimum absolute atomic E-state index is 0.188. The molecule has 0 aliphatic rings. The molecule has 0 spiro atoms. The number of nitrogens with zero attached hydrogens (tertiary/aromatic N) is 2. The molecule has 4 nitrogen and oxygen atoms in total. The van der Waals surface area contributed by atoms with Crippen LogP contribution in [0.5, 0.6) is 0 Å².